The van der Waals surface area contributed by atoms with Gasteiger partial charge in [-0.05, 0) is 25.2 Å². The number of hydrogen-bond acceptors (Lipinski definition) is 4. The van der Waals surface area contributed by atoms with Crippen LogP contribution in [-0.4, -0.2) is 17.7 Å². The topological polar surface area (TPSA) is 52.6 Å². The third-order valence-corrected chi connectivity index (χ3v) is 3.18. The van der Waals surface area contributed by atoms with Gasteiger partial charge in [0.2, 0.25) is 0 Å². The minimum atomic E-state index is -1.15. The standard InChI is InChI=1S/C14H24O4/c1-12(2,3)8-7-9-14(6)10(15)17-13(4,5)18-11(14)16/h7-9H2,1-6H3. The summed E-state index contributed by atoms with van der Waals surface area (Å²) in [6.45, 7) is 11.1. The molecule has 0 bridgehead atoms. The van der Waals surface area contributed by atoms with Crippen LogP contribution in [0.2, 0.25) is 0 Å². The average Bonchev–Trinajstić information content (AvgIpc) is 2.11. The zero-order valence-corrected chi connectivity index (χ0v) is 12.3. The summed E-state index contributed by atoms with van der Waals surface area (Å²) in [5.41, 5.74) is -0.959. The lowest BCUT2D eigenvalue weighted by molar-refractivity contribution is -0.250. The molecular weight excluding hydrogens is 232 g/mol. The van der Waals surface area contributed by atoms with Gasteiger partial charge in [0, 0.05) is 13.8 Å². The molecule has 1 rings (SSSR count). The van der Waals surface area contributed by atoms with Gasteiger partial charge in [-0.3, -0.25) is 9.59 Å². The smallest absolute Gasteiger partial charge is 0.326 e. The molecule has 0 aromatic rings. The Morgan fingerprint density at radius 1 is 1.00 bits per heavy atom. The minimum Gasteiger partial charge on any atom is -0.422 e. The lowest BCUT2D eigenvalue weighted by Gasteiger charge is -2.38. The van der Waals surface area contributed by atoms with Crippen LogP contribution in [0.3, 0.4) is 0 Å². The summed E-state index contributed by atoms with van der Waals surface area (Å²) in [5.74, 6) is -2.09. The van der Waals surface area contributed by atoms with Crippen LogP contribution in [0.15, 0.2) is 0 Å². The van der Waals surface area contributed by atoms with Gasteiger partial charge in [0.1, 0.15) is 0 Å². The molecule has 0 atom stereocenters. The lowest BCUT2D eigenvalue weighted by atomic mass is 9.80. The van der Waals surface area contributed by atoms with Gasteiger partial charge >= 0.3 is 11.9 Å². The first-order chi connectivity index (χ1) is 7.96. The summed E-state index contributed by atoms with van der Waals surface area (Å²) in [6.07, 6.45) is 2.22. The minimum absolute atomic E-state index is 0.193. The maximum atomic E-state index is 12.0. The summed E-state index contributed by atoms with van der Waals surface area (Å²) in [5, 5.41) is 0. The fourth-order valence-electron chi connectivity index (χ4n) is 1.95. The molecule has 1 saturated heterocycles. The Hall–Kier alpha value is -1.06. The quantitative estimate of drug-likeness (QED) is 0.575. The molecule has 1 heterocycles. The Morgan fingerprint density at radius 3 is 1.83 bits per heavy atom. The van der Waals surface area contributed by atoms with E-state index in [1.54, 1.807) is 20.8 Å². The third-order valence-electron chi connectivity index (χ3n) is 3.18. The van der Waals surface area contributed by atoms with Crippen molar-refractivity contribution in [1.29, 1.82) is 0 Å². The van der Waals surface area contributed by atoms with Crippen LogP contribution in [0.4, 0.5) is 0 Å². The van der Waals surface area contributed by atoms with Crippen LogP contribution in [0.25, 0.3) is 0 Å². The number of rotatable bonds is 3. The Kier molecular flexibility index (Phi) is 3.80. The molecule has 0 N–H and O–H groups in total. The molecule has 0 amide bonds. The van der Waals surface area contributed by atoms with E-state index in [2.05, 4.69) is 20.8 Å². The van der Waals surface area contributed by atoms with E-state index < -0.39 is 23.1 Å². The van der Waals surface area contributed by atoms with Crippen molar-refractivity contribution >= 4 is 11.9 Å². The van der Waals surface area contributed by atoms with E-state index in [0.29, 0.717) is 6.42 Å². The monoisotopic (exact) mass is 256 g/mol. The van der Waals surface area contributed by atoms with E-state index >= 15 is 0 Å². The molecule has 4 nitrogen and oxygen atoms in total. The molecule has 1 aliphatic heterocycles. The van der Waals surface area contributed by atoms with E-state index in [1.807, 2.05) is 0 Å². The second-order valence-corrected chi connectivity index (χ2v) is 6.93. The van der Waals surface area contributed by atoms with Gasteiger partial charge in [-0.15, -0.1) is 0 Å². The molecule has 0 unspecified atom stereocenters. The van der Waals surface area contributed by atoms with E-state index in [-0.39, 0.29) is 5.41 Å². The third kappa shape index (κ3) is 3.47. The first kappa shape index (κ1) is 15.0. The molecule has 0 spiro atoms. The summed E-state index contributed by atoms with van der Waals surface area (Å²) < 4.78 is 10.3. The van der Waals surface area contributed by atoms with Crippen molar-refractivity contribution in [2.45, 2.75) is 66.6 Å². The van der Waals surface area contributed by atoms with Crippen LogP contribution < -0.4 is 0 Å². The fourth-order valence-corrected chi connectivity index (χ4v) is 1.95. The Balaban J connectivity index is 2.68. The van der Waals surface area contributed by atoms with Gasteiger partial charge in [-0.1, -0.05) is 27.2 Å². The maximum absolute atomic E-state index is 12.0. The van der Waals surface area contributed by atoms with E-state index in [1.165, 1.54) is 0 Å². The molecule has 1 fully saturated rings. The van der Waals surface area contributed by atoms with Crippen molar-refractivity contribution in [1.82, 2.24) is 0 Å². The second-order valence-electron chi connectivity index (χ2n) is 6.93. The molecule has 0 aromatic heterocycles. The summed E-state index contributed by atoms with van der Waals surface area (Å²) >= 11 is 0. The fraction of sp³-hybridized carbons (Fsp3) is 0.857. The van der Waals surface area contributed by atoms with Crippen LogP contribution in [0, 0.1) is 10.8 Å². The highest BCUT2D eigenvalue weighted by Crippen LogP contribution is 2.37. The molecule has 0 radical (unpaired) electrons. The Labute approximate surface area is 109 Å². The Bertz CT molecular complexity index is 329. The van der Waals surface area contributed by atoms with Crippen molar-refractivity contribution < 1.29 is 19.1 Å². The highest BCUT2D eigenvalue weighted by atomic mass is 16.7. The van der Waals surface area contributed by atoms with Crippen molar-refractivity contribution in [3.05, 3.63) is 0 Å². The average molecular weight is 256 g/mol. The second kappa shape index (κ2) is 4.56. The molecule has 1 aliphatic rings. The first-order valence-corrected chi connectivity index (χ1v) is 6.43. The molecule has 0 saturated carbocycles. The molecule has 0 aliphatic carbocycles. The van der Waals surface area contributed by atoms with Gasteiger partial charge in [-0.2, -0.15) is 0 Å². The molecule has 18 heavy (non-hydrogen) atoms. The number of carbonyl (C=O) groups is 2. The molecule has 4 heteroatoms. The predicted octanol–water partition coefficient (Wildman–Crippen LogP) is 3.05. The number of hydrogen-bond donors (Lipinski definition) is 0. The Morgan fingerprint density at radius 2 is 1.44 bits per heavy atom. The SMILES string of the molecule is CC(C)(C)CCCC1(C)C(=O)OC(C)(C)OC1=O. The zero-order valence-electron chi connectivity index (χ0n) is 12.3. The number of carbonyl (C=O) groups excluding carboxylic acids is 2. The number of esters is 2. The van der Waals surface area contributed by atoms with Crippen molar-refractivity contribution in [3.63, 3.8) is 0 Å². The number of ether oxygens (including phenoxy) is 2. The molecular formula is C14H24O4. The van der Waals surface area contributed by atoms with Crippen molar-refractivity contribution in [2.75, 3.05) is 0 Å². The lowest BCUT2D eigenvalue weighted by Crippen LogP contribution is -2.52. The van der Waals surface area contributed by atoms with Crippen LogP contribution in [0.5, 0.6) is 0 Å². The van der Waals surface area contributed by atoms with E-state index in [4.69, 9.17) is 9.47 Å². The van der Waals surface area contributed by atoms with E-state index in [0.717, 1.165) is 12.8 Å². The van der Waals surface area contributed by atoms with Gasteiger partial charge in [0.15, 0.2) is 5.41 Å². The first-order valence-electron chi connectivity index (χ1n) is 6.43. The summed E-state index contributed by atoms with van der Waals surface area (Å²) in [4.78, 5) is 23.9. The zero-order chi connectivity index (χ0) is 14.2. The van der Waals surface area contributed by atoms with Crippen molar-refractivity contribution in [2.24, 2.45) is 10.8 Å². The van der Waals surface area contributed by atoms with Crippen LogP contribution >= 0.6 is 0 Å². The number of cyclic esters (lactones) is 2. The van der Waals surface area contributed by atoms with E-state index in [9.17, 15) is 9.59 Å². The predicted molar refractivity (Wildman–Crippen MR) is 67.7 cm³/mol. The van der Waals surface area contributed by atoms with Gasteiger partial charge < -0.3 is 9.47 Å². The highest BCUT2D eigenvalue weighted by Gasteiger charge is 2.52. The summed E-state index contributed by atoms with van der Waals surface area (Å²) in [6, 6.07) is 0. The maximum Gasteiger partial charge on any atom is 0.326 e. The largest absolute Gasteiger partial charge is 0.422 e. The molecule has 0 aromatic carbocycles. The van der Waals surface area contributed by atoms with Gasteiger partial charge in [0.25, 0.3) is 5.79 Å². The molecule has 104 valence electrons. The van der Waals surface area contributed by atoms with Gasteiger partial charge in [-0.25, -0.2) is 0 Å². The van der Waals surface area contributed by atoms with Crippen molar-refractivity contribution in [3.8, 4) is 0 Å². The van der Waals surface area contributed by atoms with Crippen LogP contribution in [-0.2, 0) is 19.1 Å². The van der Waals surface area contributed by atoms with Crippen LogP contribution in [0.1, 0.15) is 60.8 Å². The normalized spacial score (nSPS) is 22.3. The highest BCUT2D eigenvalue weighted by molar-refractivity contribution is 6.01. The van der Waals surface area contributed by atoms with Gasteiger partial charge in [0.05, 0.1) is 0 Å². The summed E-state index contributed by atoms with van der Waals surface area (Å²) in [7, 11) is 0.